The summed E-state index contributed by atoms with van der Waals surface area (Å²) in [5.41, 5.74) is 0. The van der Waals surface area contributed by atoms with Gasteiger partial charge >= 0.3 is 61.8 Å². The molecule has 0 aromatic carbocycles. The van der Waals surface area contributed by atoms with Crippen LogP contribution in [0.25, 0.3) is 0 Å². The predicted octanol–water partition coefficient (Wildman–Crippen LogP) is -4.66. The molecule has 0 rings (SSSR count). The van der Waals surface area contributed by atoms with Gasteiger partial charge in [-0.3, -0.25) is 0 Å². The summed E-state index contributed by atoms with van der Waals surface area (Å²) >= 11 is 0. The van der Waals surface area contributed by atoms with E-state index in [1.54, 1.807) is 0 Å². The van der Waals surface area contributed by atoms with E-state index in [0.29, 0.717) is 0 Å². The molecular weight excluding hydrogens is 261 g/mol. The van der Waals surface area contributed by atoms with Gasteiger partial charge in [0.1, 0.15) is 0 Å². The minimum atomic E-state index is -5.35. The Hall–Kier alpha value is 0.816. The maximum Gasteiger partial charge on any atom is 1.00 e. The third-order valence-electron chi connectivity index (χ3n) is 0.316. The summed E-state index contributed by atoms with van der Waals surface area (Å²) in [6.45, 7) is 0. The largest absolute Gasteiger partial charge is 1.00 e. The predicted molar refractivity (Wildman–Crippen MR) is 27.7 cm³/mol. The van der Waals surface area contributed by atoms with Gasteiger partial charge in [-0.05, 0) is 0 Å². The standard InChI is InChI=1S/K.HNO9S2/c;2-1-8-12(6,7)10-9-11(3,4)5/h;(H,3,4,5)/q+1;/p-1. The molecule has 0 aromatic heterocycles. The van der Waals surface area contributed by atoms with Crippen molar-refractivity contribution in [2.24, 2.45) is 5.34 Å². The van der Waals surface area contributed by atoms with E-state index in [9.17, 15) is 21.4 Å². The molecule has 0 spiro atoms. The van der Waals surface area contributed by atoms with Crippen molar-refractivity contribution in [2.75, 3.05) is 0 Å². The fourth-order valence-corrected chi connectivity index (χ4v) is 0.761. The molecule has 0 unspecified atom stereocenters. The minimum Gasteiger partial charge on any atom is -0.724 e. The number of rotatable bonds is 5. The summed E-state index contributed by atoms with van der Waals surface area (Å²) in [7, 11) is -10.4. The summed E-state index contributed by atoms with van der Waals surface area (Å²) in [4.78, 5) is 9.13. The molecular formula is KNO9S2. The van der Waals surface area contributed by atoms with Crippen molar-refractivity contribution in [3.05, 3.63) is 4.91 Å². The van der Waals surface area contributed by atoms with Crippen LogP contribution in [0.3, 0.4) is 0 Å². The summed E-state index contributed by atoms with van der Waals surface area (Å²) in [5, 5.41) is 1.37. The molecule has 0 aliphatic heterocycles. The average molecular weight is 261 g/mol. The molecule has 0 fully saturated rings. The SMILES string of the molecule is O=NOS(=O)(=O)OOS(=O)(=O)[O-].[K+]. The Kier molecular flexibility index (Phi) is 7.91. The molecule has 0 aliphatic carbocycles. The van der Waals surface area contributed by atoms with Crippen LogP contribution < -0.4 is 51.4 Å². The third kappa shape index (κ3) is 10.7. The minimum absolute atomic E-state index is 0. The van der Waals surface area contributed by atoms with Crippen molar-refractivity contribution in [3.8, 4) is 0 Å². The van der Waals surface area contributed by atoms with Crippen LogP contribution in [0.15, 0.2) is 5.34 Å². The molecule has 0 amide bonds. The van der Waals surface area contributed by atoms with Gasteiger partial charge in [0.05, 0.1) is 0 Å². The molecule has 0 heterocycles. The van der Waals surface area contributed by atoms with Crippen LogP contribution in [-0.2, 0) is 33.7 Å². The monoisotopic (exact) mass is 261 g/mol. The zero-order valence-corrected chi connectivity index (χ0v) is 10.7. The van der Waals surface area contributed by atoms with Gasteiger partial charge < -0.3 is 4.55 Å². The second-order valence-corrected chi connectivity index (χ2v) is 3.16. The van der Waals surface area contributed by atoms with E-state index in [0.717, 1.165) is 0 Å². The van der Waals surface area contributed by atoms with E-state index in [4.69, 9.17) is 4.91 Å². The van der Waals surface area contributed by atoms with Gasteiger partial charge in [-0.1, -0.05) is 8.67 Å². The Bertz CT molecular complexity index is 336. The van der Waals surface area contributed by atoms with Crippen molar-refractivity contribution in [1.82, 2.24) is 0 Å². The van der Waals surface area contributed by atoms with Crippen LogP contribution >= 0.6 is 0 Å². The number of hydrogen-bond acceptors (Lipinski definition) is 10. The van der Waals surface area contributed by atoms with Crippen LogP contribution in [0.1, 0.15) is 0 Å². The Morgan fingerprint density at radius 1 is 1.08 bits per heavy atom. The molecule has 0 N–H and O–H groups in total. The molecule has 13 heavy (non-hydrogen) atoms. The van der Waals surface area contributed by atoms with E-state index in [1.165, 1.54) is 5.34 Å². The molecule has 0 radical (unpaired) electrons. The van der Waals surface area contributed by atoms with E-state index < -0.39 is 20.8 Å². The summed E-state index contributed by atoms with van der Waals surface area (Å²) in [5.74, 6) is 0. The summed E-state index contributed by atoms with van der Waals surface area (Å²) in [6.07, 6.45) is 0. The molecule has 0 atom stereocenters. The topological polar surface area (TPSA) is 148 Å². The fraction of sp³-hybridized carbons (Fsp3) is 0. The van der Waals surface area contributed by atoms with E-state index >= 15 is 0 Å². The first-order valence-electron chi connectivity index (χ1n) is 1.87. The zero-order valence-electron chi connectivity index (χ0n) is 5.94. The van der Waals surface area contributed by atoms with Crippen LogP contribution in [0.2, 0.25) is 0 Å². The first kappa shape index (κ1) is 16.3. The second-order valence-electron chi connectivity index (χ2n) is 1.10. The Morgan fingerprint density at radius 2 is 1.54 bits per heavy atom. The molecule has 10 nitrogen and oxygen atoms in total. The Morgan fingerprint density at radius 3 is 1.85 bits per heavy atom. The zero-order chi connectivity index (χ0) is 9.83. The molecule has 0 saturated heterocycles. The fourth-order valence-electron chi connectivity index (χ4n) is 0.118. The van der Waals surface area contributed by atoms with Gasteiger partial charge in [0.15, 0.2) is 5.34 Å². The molecule has 0 bridgehead atoms. The van der Waals surface area contributed by atoms with E-state index in [2.05, 4.69) is 13.0 Å². The second kappa shape index (κ2) is 6.33. The maximum absolute atomic E-state index is 10.0. The van der Waals surface area contributed by atoms with Gasteiger partial charge in [-0.15, -0.1) is 4.91 Å². The molecule has 0 aliphatic rings. The van der Waals surface area contributed by atoms with E-state index in [1.807, 2.05) is 0 Å². The van der Waals surface area contributed by atoms with Gasteiger partial charge in [0, 0.05) is 0 Å². The molecule has 0 aromatic rings. The first-order chi connectivity index (χ1) is 5.27. The quantitative estimate of drug-likeness (QED) is 0.119. The Balaban J connectivity index is 0. The van der Waals surface area contributed by atoms with Crippen molar-refractivity contribution in [1.29, 1.82) is 0 Å². The van der Waals surface area contributed by atoms with Gasteiger partial charge in [-0.25, -0.2) is 12.7 Å². The van der Waals surface area contributed by atoms with Gasteiger partial charge in [-0.2, -0.15) is 8.42 Å². The molecule has 72 valence electrons. The summed E-state index contributed by atoms with van der Waals surface area (Å²) in [6, 6.07) is 0. The molecule has 13 heteroatoms. The van der Waals surface area contributed by atoms with Crippen LogP contribution in [0.5, 0.6) is 0 Å². The number of nitrogens with zero attached hydrogens (tertiary/aromatic N) is 1. The van der Waals surface area contributed by atoms with Crippen LogP contribution in [0.4, 0.5) is 0 Å². The van der Waals surface area contributed by atoms with Gasteiger partial charge in [0.2, 0.25) is 10.4 Å². The third-order valence-corrected chi connectivity index (χ3v) is 1.12. The Labute approximate surface area is 115 Å². The van der Waals surface area contributed by atoms with Crippen molar-refractivity contribution in [2.45, 2.75) is 0 Å². The summed E-state index contributed by atoms with van der Waals surface area (Å²) < 4.78 is 57.2. The van der Waals surface area contributed by atoms with Gasteiger partial charge in [0.25, 0.3) is 0 Å². The smallest absolute Gasteiger partial charge is 0.724 e. The van der Waals surface area contributed by atoms with Crippen molar-refractivity contribution >= 4 is 20.8 Å². The van der Waals surface area contributed by atoms with Crippen LogP contribution in [-0.4, -0.2) is 21.4 Å². The van der Waals surface area contributed by atoms with Crippen molar-refractivity contribution < 1.29 is 85.7 Å². The first-order valence-corrected chi connectivity index (χ1v) is 4.53. The average Bonchev–Trinajstić information content (AvgIpc) is 1.83. The van der Waals surface area contributed by atoms with Crippen molar-refractivity contribution in [3.63, 3.8) is 0 Å². The maximum atomic E-state index is 10.0. The molecule has 0 saturated carbocycles. The van der Waals surface area contributed by atoms with E-state index in [-0.39, 0.29) is 51.4 Å². The number of hydrogen-bond donors (Lipinski definition) is 0. The van der Waals surface area contributed by atoms with Crippen LogP contribution in [0, 0.1) is 4.91 Å². The normalized spacial score (nSPS) is 11.5.